The van der Waals surface area contributed by atoms with Crippen LogP contribution in [-0.4, -0.2) is 42.5 Å². The summed E-state index contributed by atoms with van der Waals surface area (Å²) in [4.78, 5) is 18.0. The highest BCUT2D eigenvalue weighted by Crippen LogP contribution is 2.15. The molecule has 1 amide bonds. The molecule has 110 valence electrons. The summed E-state index contributed by atoms with van der Waals surface area (Å²) in [6.45, 7) is 7.82. The highest BCUT2D eigenvalue weighted by molar-refractivity contribution is 7.13. The van der Waals surface area contributed by atoms with Crippen LogP contribution in [0.2, 0.25) is 0 Å². The zero-order valence-corrected chi connectivity index (χ0v) is 13.5. The summed E-state index contributed by atoms with van der Waals surface area (Å²) in [7, 11) is 1.92. The Bertz CT molecular complexity index is 408. The van der Waals surface area contributed by atoms with Crippen molar-refractivity contribution in [2.24, 2.45) is 11.1 Å². The Kier molecular flexibility index (Phi) is 7.51. The van der Waals surface area contributed by atoms with E-state index in [1.807, 2.05) is 24.3 Å². The standard InChI is InChI=1S/C12H22N4OS.ClH/c1-9-6-18-11(14-9)15-10(17)5-16(4)8-12(2,3)7-13;/h6H,5,7-8,13H2,1-4H3,(H,14,15,17);1H. The minimum atomic E-state index is -0.0420. The zero-order valence-electron chi connectivity index (χ0n) is 11.9. The molecular weight excluding hydrogens is 284 g/mol. The van der Waals surface area contributed by atoms with Crippen molar-refractivity contribution in [2.45, 2.75) is 20.8 Å². The van der Waals surface area contributed by atoms with Gasteiger partial charge in [-0.1, -0.05) is 13.8 Å². The van der Waals surface area contributed by atoms with Crippen LogP contribution < -0.4 is 11.1 Å². The van der Waals surface area contributed by atoms with Gasteiger partial charge in [0.25, 0.3) is 0 Å². The summed E-state index contributed by atoms with van der Waals surface area (Å²) in [6.07, 6.45) is 0. The second kappa shape index (κ2) is 7.79. The van der Waals surface area contributed by atoms with Crippen molar-refractivity contribution >= 4 is 34.8 Å². The molecule has 0 spiro atoms. The fourth-order valence-corrected chi connectivity index (χ4v) is 2.37. The molecule has 5 nitrogen and oxygen atoms in total. The molecule has 0 saturated carbocycles. The van der Waals surface area contributed by atoms with Gasteiger partial charge in [0.1, 0.15) is 0 Å². The van der Waals surface area contributed by atoms with Crippen LogP contribution in [0.25, 0.3) is 0 Å². The molecule has 0 aliphatic heterocycles. The molecule has 0 fully saturated rings. The van der Waals surface area contributed by atoms with Gasteiger partial charge in [-0.15, -0.1) is 23.7 Å². The largest absolute Gasteiger partial charge is 0.330 e. The number of nitrogens with zero attached hydrogens (tertiary/aromatic N) is 2. The number of nitrogens with one attached hydrogen (secondary N) is 1. The van der Waals surface area contributed by atoms with Gasteiger partial charge >= 0.3 is 0 Å². The lowest BCUT2D eigenvalue weighted by Gasteiger charge is -2.28. The van der Waals surface area contributed by atoms with Gasteiger partial charge in [-0.2, -0.15) is 0 Å². The Morgan fingerprint density at radius 2 is 2.21 bits per heavy atom. The van der Waals surface area contributed by atoms with Crippen LogP contribution in [0.5, 0.6) is 0 Å². The Hall–Kier alpha value is -0.690. The molecule has 1 heterocycles. The van der Waals surface area contributed by atoms with E-state index in [1.54, 1.807) is 0 Å². The predicted molar refractivity (Wildman–Crippen MR) is 83.1 cm³/mol. The molecule has 1 rings (SSSR count). The van der Waals surface area contributed by atoms with E-state index in [0.717, 1.165) is 12.2 Å². The normalized spacial score (nSPS) is 11.3. The Labute approximate surface area is 125 Å². The first-order valence-corrected chi connectivity index (χ1v) is 6.81. The molecule has 0 atom stereocenters. The van der Waals surface area contributed by atoms with Gasteiger partial charge in [-0.3, -0.25) is 9.69 Å². The molecule has 0 aliphatic rings. The van der Waals surface area contributed by atoms with Gasteiger partial charge in [-0.25, -0.2) is 4.98 Å². The maximum absolute atomic E-state index is 11.8. The number of aryl methyl sites for hydroxylation is 1. The van der Waals surface area contributed by atoms with E-state index in [0.29, 0.717) is 18.2 Å². The van der Waals surface area contributed by atoms with Crippen LogP contribution in [0.3, 0.4) is 0 Å². The van der Waals surface area contributed by atoms with Crippen molar-refractivity contribution in [1.82, 2.24) is 9.88 Å². The maximum atomic E-state index is 11.8. The summed E-state index contributed by atoms with van der Waals surface area (Å²) in [5, 5.41) is 5.36. The fourth-order valence-electron chi connectivity index (χ4n) is 1.67. The van der Waals surface area contributed by atoms with Crippen LogP contribution in [0.4, 0.5) is 5.13 Å². The number of carbonyl (C=O) groups excluding carboxylic acids is 1. The molecule has 0 aliphatic carbocycles. The van der Waals surface area contributed by atoms with Crippen molar-refractivity contribution < 1.29 is 4.79 Å². The predicted octanol–water partition coefficient (Wildman–Crippen LogP) is 1.73. The number of likely N-dealkylation sites (N-methyl/N-ethyl adjacent to an activating group) is 1. The van der Waals surface area contributed by atoms with Crippen LogP contribution in [0.1, 0.15) is 19.5 Å². The second-order valence-electron chi connectivity index (χ2n) is 5.38. The Morgan fingerprint density at radius 1 is 1.58 bits per heavy atom. The number of nitrogens with two attached hydrogens (primary N) is 1. The highest BCUT2D eigenvalue weighted by atomic mass is 35.5. The smallest absolute Gasteiger partial charge is 0.240 e. The van der Waals surface area contributed by atoms with Gasteiger partial charge in [0.2, 0.25) is 5.91 Å². The van der Waals surface area contributed by atoms with Gasteiger partial charge in [0.05, 0.1) is 12.2 Å². The first kappa shape index (κ1) is 18.3. The average molecular weight is 307 g/mol. The summed E-state index contributed by atoms with van der Waals surface area (Å²) in [5.41, 5.74) is 6.62. The number of hydrogen-bond donors (Lipinski definition) is 2. The van der Waals surface area contributed by atoms with Crippen LogP contribution in [0.15, 0.2) is 5.38 Å². The van der Waals surface area contributed by atoms with E-state index in [-0.39, 0.29) is 23.7 Å². The first-order chi connectivity index (χ1) is 8.32. The van der Waals surface area contributed by atoms with Crippen molar-refractivity contribution in [1.29, 1.82) is 0 Å². The summed E-state index contributed by atoms with van der Waals surface area (Å²) in [5.74, 6) is -0.0420. The monoisotopic (exact) mass is 306 g/mol. The van der Waals surface area contributed by atoms with Crippen molar-refractivity contribution in [3.05, 3.63) is 11.1 Å². The lowest BCUT2D eigenvalue weighted by Crippen LogP contribution is -2.40. The van der Waals surface area contributed by atoms with Gasteiger partial charge < -0.3 is 11.1 Å². The van der Waals surface area contributed by atoms with Crippen LogP contribution in [-0.2, 0) is 4.79 Å². The number of anilines is 1. The molecule has 1 aromatic heterocycles. The van der Waals surface area contributed by atoms with E-state index in [2.05, 4.69) is 24.1 Å². The lowest BCUT2D eigenvalue weighted by atomic mass is 9.93. The third-order valence-corrected chi connectivity index (χ3v) is 3.40. The molecule has 0 saturated heterocycles. The molecule has 0 bridgehead atoms. The molecule has 0 aromatic carbocycles. The number of hydrogen-bond acceptors (Lipinski definition) is 5. The van der Waals surface area contributed by atoms with Gasteiger partial charge in [0, 0.05) is 11.9 Å². The van der Waals surface area contributed by atoms with E-state index >= 15 is 0 Å². The van der Waals surface area contributed by atoms with Crippen molar-refractivity contribution in [3.8, 4) is 0 Å². The third kappa shape index (κ3) is 6.87. The molecular formula is C12H23ClN4OS. The number of rotatable bonds is 6. The summed E-state index contributed by atoms with van der Waals surface area (Å²) < 4.78 is 0. The Morgan fingerprint density at radius 3 is 2.68 bits per heavy atom. The van der Waals surface area contributed by atoms with Gasteiger partial charge in [-0.05, 0) is 25.9 Å². The first-order valence-electron chi connectivity index (χ1n) is 5.93. The van der Waals surface area contributed by atoms with E-state index < -0.39 is 0 Å². The molecule has 19 heavy (non-hydrogen) atoms. The van der Waals surface area contributed by atoms with Crippen LogP contribution >= 0.6 is 23.7 Å². The average Bonchev–Trinajstić information content (AvgIpc) is 2.62. The topological polar surface area (TPSA) is 71.2 Å². The fraction of sp³-hybridized carbons (Fsp3) is 0.667. The molecule has 0 radical (unpaired) electrons. The molecule has 0 unspecified atom stereocenters. The minimum absolute atomic E-state index is 0. The van der Waals surface area contributed by atoms with Crippen LogP contribution in [0, 0.1) is 12.3 Å². The second-order valence-corrected chi connectivity index (χ2v) is 6.24. The Balaban J connectivity index is 0.00000324. The van der Waals surface area contributed by atoms with Crippen molar-refractivity contribution in [3.63, 3.8) is 0 Å². The summed E-state index contributed by atoms with van der Waals surface area (Å²) in [6, 6.07) is 0. The zero-order chi connectivity index (χ0) is 13.8. The number of carbonyl (C=O) groups is 1. The molecule has 1 aromatic rings. The van der Waals surface area contributed by atoms with E-state index in [4.69, 9.17) is 5.73 Å². The minimum Gasteiger partial charge on any atom is -0.330 e. The SMILES string of the molecule is Cc1csc(NC(=O)CN(C)CC(C)(C)CN)n1.Cl. The number of aromatic nitrogens is 1. The third-order valence-electron chi connectivity index (χ3n) is 2.53. The maximum Gasteiger partial charge on any atom is 0.240 e. The molecule has 3 N–H and O–H groups in total. The van der Waals surface area contributed by atoms with E-state index in [1.165, 1.54) is 11.3 Å². The van der Waals surface area contributed by atoms with Crippen molar-refractivity contribution in [2.75, 3.05) is 32.0 Å². The van der Waals surface area contributed by atoms with Gasteiger partial charge in [0.15, 0.2) is 5.13 Å². The van der Waals surface area contributed by atoms with E-state index in [9.17, 15) is 4.79 Å². The highest BCUT2D eigenvalue weighted by Gasteiger charge is 2.19. The number of halogens is 1. The lowest BCUT2D eigenvalue weighted by molar-refractivity contribution is -0.117. The molecule has 7 heteroatoms. The number of thiazole rings is 1. The number of amides is 1. The summed E-state index contributed by atoms with van der Waals surface area (Å²) >= 11 is 1.44. The quantitative estimate of drug-likeness (QED) is 0.839.